The normalized spacial score (nSPS) is 13.5. The lowest BCUT2D eigenvalue weighted by Crippen LogP contribution is -2.62. The second-order valence-electron chi connectivity index (χ2n) is 9.78. The number of ether oxygens (including phenoxy) is 1. The van der Waals surface area contributed by atoms with Crippen molar-refractivity contribution in [2.24, 2.45) is 0 Å². The monoisotopic (exact) mass is 530 g/mol. The first-order chi connectivity index (χ1) is 17.4. The SMILES string of the molecule is COc1ccc(S(=O)(=O)N(CCCCC#N)C[C@@H](O)[C@H](Cc2ccccc2)N(C(=O)[O-])C(C)(C)C)cc1. The van der Waals surface area contributed by atoms with Gasteiger partial charge in [0.05, 0.1) is 30.2 Å². The first-order valence-corrected chi connectivity index (χ1v) is 13.6. The molecule has 202 valence electrons. The maximum absolute atomic E-state index is 13.6. The Kier molecular flexibility index (Phi) is 10.9. The maximum atomic E-state index is 13.6. The summed E-state index contributed by atoms with van der Waals surface area (Å²) in [7, 11) is -2.56. The summed E-state index contributed by atoms with van der Waals surface area (Å²) in [6.07, 6.45) is -1.48. The molecule has 2 aromatic carbocycles. The summed E-state index contributed by atoms with van der Waals surface area (Å²) in [4.78, 5) is 13.3. The highest BCUT2D eigenvalue weighted by molar-refractivity contribution is 7.89. The third kappa shape index (κ3) is 8.45. The zero-order valence-corrected chi connectivity index (χ0v) is 22.6. The van der Waals surface area contributed by atoms with E-state index in [1.165, 1.54) is 31.4 Å². The van der Waals surface area contributed by atoms with Gasteiger partial charge in [-0.1, -0.05) is 30.3 Å². The molecule has 0 aliphatic rings. The summed E-state index contributed by atoms with van der Waals surface area (Å²) in [5.41, 5.74) is -0.119. The maximum Gasteiger partial charge on any atom is 0.243 e. The second-order valence-corrected chi connectivity index (χ2v) is 11.7. The van der Waals surface area contributed by atoms with Crippen LogP contribution in [0.4, 0.5) is 4.79 Å². The summed E-state index contributed by atoms with van der Waals surface area (Å²) < 4.78 is 33.4. The zero-order chi connectivity index (χ0) is 27.6. The molecular formula is C27H36N3O6S-. The number of benzene rings is 2. The minimum atomic E-state index is -4.04. The van der Waals surface area contributed by atoms with Crippen molar-refractivity contribution in [1.29, 1.82) is 5.26 Å². The molecule has 2 rings (SSSR count). The highest BCUT2D eigenvalue weighted by atomic mass is 32.2. The number of methoxy groups -OCH3 is 1. The van der Waals surface area contributed by atoms with Gasteiger partial charge in [-0.3, -0.25) is 0 Å². The van der Waals surface area contributed by atoms with E-state index in [2.05, 4.69) is 0 Å². The van der Waals surface area contributed by atoms with E-state index < -0.39 is 33.8 Å². The Morgan fingerprint density at radius 2 is 1.73 bits per heavy atom. The smallest absolute Gasteiger partial charge is 0.243 e. The molecule has 0 unspecified atom stereocenters. The number of aliphatic hydroxyl groups is 1. The van der Waals surface area contributed by atoms with E-state index >= 15 is 0 Å². The van der Waals surface area contributed by atoms with Crippen molar-refractivity contribution < 1.29 is 28.2 Å². The van der Waals surface area contributed by atoms with Crippen molar-refractivity contribution >= 4 is 16.1 Å². The van der Waals surface area contributed by atoms with Crippen LogP contribution in [0, 0.1) is 11.3 Å². The molecule has 0 aliphatic carbocycles. The molecular weight excluding hydrogens is 494 g/mol. The predicted molar refractivity (Wildman–Crippen MR) is 138 cm³/mol. The van der Waals surface area contributed by atoms with Crippen LogP contribution in [0.1, 0.15) is 45.6 Å². The van der Waals surface area contributed by atoms with E-state index in [1.54, 1.807) is 20.8 Å². The van der Waals surface area contributed by atoms with Crippen LogP contribution >= 0.6 is 0 Å². The van der Waals surface area contributed by atoms with Crippen molar-refractivity contribution in [3.63, 3.8) is 0 Å². The van der Waals surface area contributed by atoms with Gasteiger partial charge in [0.2, 0.25) is 10.0 Å². The van der Waals surface area contributed by atoms with Crippen molar-refractivity contribution in [2.45, 2.75) is 69.0 Å². The van der Waals surface area contributed by atoms with Crippen molar-refractivity contribution in [2.75, 3.05) is 20.2 Å². The van der Waals surface area contributed by atoms with E-state index in [4.69, 9.17) is 10.00 Å². The summed E-state index contributed by atoms with van der Waals surface area (Å²) in [6.45, 7) is 4.81. The number of amides is 1. The van der Waals surface area contributed by atoms with E-state index in [0.717, 1.165) is 14.8 Å². The number of unbranched alkanes of at least 4 members (excludes halogenated alkanes) is 2. The molecule has 9 nitrogen and oxygen atoms in total. The molecule has 0 bridgehead atoms. The fourth-order valence-electron chi connectivity index (χ4n) is 4.19. The van der Waals surface area contributed by atoms with Crippen molar-refractivity contribution in [3.8, 4) is 11.8 Å². The second kappa shape index (κ2) is 13.4. The Morgan fingerprint density at radius 1 is 1.11 bits per heavy atom. The summed E-state index contributed by atoms with van der Waals surface area (Å²) in [5, 5.41) is 32.5. The number of nitriles is 1. The number of carboxylic acid groups (broad SMARTS) is 1. The zero-order valence-electron chi connectivity index (χ0n) is 21.8. The van der Waals surface area contributed by atoms with E-state index in [0.29, 0.717) is 18.6 Å². The number of aliphatic hydroxyl groups excluding tert-OH is 1. The van der Waals surface area contributed by atoms with Crippen LogP contribution in [0.3, 0.4) is 0 Å². The molecule has 0 heterocycles. The van der Waals surface area contributed by atoms with Crippen LogP contribution in [-0.4, -0.2) is 66.7 Å². The van der Waals surface area contributed by atoms with Gasteiger partial charge in [0.25, 0.3) is 0 Å². The van der Waals surface area contributed by atoms with Gasteiger partial charge in [-0.2, -0.15) is 9.57 Å². The number of rotatable bonds is 13. The Labute approximate surface area is 219 Å². The van der Waals surface area contributed by atoms with E-state index in [-0.39, 0.29) is 30.8 Å². The number of hydrogen-bond donors (Lipinski definition) is 1. The largest absolute Gasteiger partial charge is 0.530 e. The summed E-state index contributed by atoms with van der Waals surface area (Å²) >= 11 is 0. The molecule has 37 heavy (non-hydrogen) atoms. The minimum Gasteiger partial charge on any atom is -0.530 e. The highest BCUT2D eigenvalue weighted by Crippen LogP contribution is 2.25. The number of nitrogens with zero attached hydrogens (tertiary/aromatic N) is 3. The molecule has 0 fully saturated rings. The van der Waals surface area contributed by atoms with Crippen LogP contribution in [0.15, 0.2) is 59.5 Å². The third-order valence-corrected chi connectivity index (χ3v) is 7.90. The Hall–Kier alpha value is -3.13. The molecule has 0 saturated carbocycles. The predicted octanol–water partition coefficient (Wildman–Crippen LogP) is 2.80. The Balaban J connectivity index is 2.44. The van der Waals surface area contributed by atoms with Gasteiger partial charge < -0.3 is 24.6 Å². The van der Waals surface area contributed by atoms with Crippen LogP contribution < -0.4 is 9.84 Å². The van der Waals surface area contributed by atoms with Crippen LogP contribution in [0.25, 0.3) is 0 Å². The molecule has 1 N–H and O–H groups in total. The fraction of sp³-hybridized carbons (Fsp3) is 0.481. The van der Waals surface area contributed by atoms with Gasteiger partial charge in [0.15, 0.2) is 0 Å². The standard InChI is InChI=1S/C27H37N3O6S/c1-27(2,3)30(26(32)33)24(19-21-11-7-5-8-12-21)25(31)20-29(18-10-6-9-17-28)37(34,35)23-15-13-22(36-4)14-16-23/h5,7-8,11-16,24-25,31H,6,9-10,18-20H2,1-4H3,(H,32,33)/p-1/t24-,25+/m0/s1. The van der Waals surface area contributed by atoms with Gasteiger partial charge in [0.1, 0.15) is 11.8 Å². The van der Waals surface area contributed by atoms with E-state index in [9.17, 15) is 23.4 Å². The Bertz CT molecular complexity index is 1140. The van der Waals surface area contributed by atoms with Gasteiger partial charge in [0, 0.05) is 25.0 Å². The van der Waals surface area contributed by atoms with Gasteiger partial charge in [-0.15, -0.1) is 0 Å². The van der Waals surface area contributed by atoms with Gasteiger partial charge >= 0.3 is 0 Å². The summed E-state index contributed by atoms with van der Waals surface area (Å²) in [5.74, 6) is 0.497. The summed E-state index contributed by atoms with van der Waals surface area (Å²) in [6, 6.07) is 16.1. The lowest BCUT2D eigenvalue weighted by molar-refractivity contribution is -0.275. The fourth-order valence-corrected chi connectivity index (χ4v) is 5.69. The Morgan fingerprint density at radius 3 is 2.24 bits per heavy atom. The molecule has 2 atom stereocenters. The van der Waals surface area contributed by atoms with Gasteiger partial charge in [-0.05, 0) is 69.9 Å². The van der Waals surface area contributed by atoms with Crippen LogP contribution in [0.2, 0.25) is 0 Å². The molecule has 10 heteroatoms. The lowest BCUT2D eigenvalue weighted by Gasteiger charge is -2.46. The third-order valence-electron chi connectivity index (χ3n) is 6.02. The quantitative estimate of drug-likeness (QED) is 0.394. The lowest BCUT2D eigenvalue weighted by atomic mass is 9.94. The minimum absolute atomic E-state index is 0.0213. The molecule has 0 spiro atoms. The molecule has 2 aromatic rings. The number of sulfonamides is 1. The number of hydrogen-bond acceptors (Lipinski definition) is 7. The molecule has 0 radical (unpaired) electrons. The highest BCUT2D eigenvalue weighted by Gasteiger charge is 2.36. The van der Waals surface area contributed by atoms with Crippen molar-refractivity contribution in [1.82, 2.24) is 9.21 Å². The van der Waals surface area contributed by atoms with Crippen LogP contribution in [0.5, 0.6) is 5.75 Å². The van der Waals surface area contributed by atoms with E-state index in [1.807, 2.05) is 36.4 Å². The molecule has 0 saturated heterocycles. The van der Waals surface area contributed by atoms with Crippen LogP contribution in [-0.2, 0) is 16.4 Å². The first-order valence-electron chi connectivity index (χ1n) is 12.1. The molecule has 0 aromatic heterocycles. The number of carbonyl (C=O) groups is 1. The molecule has 0 aliphatic heterocycles. The first kappa shape index (κ1) is 30.1. The van der Waals surface area contributed by atoms with Crippen molar-refractivity contribution in [3.05, 3.63) is 60.2 Å². The molecule has 1 amide bonds. The van der Waals surface area contributed by atoms with Gasteiger partial charge in [-0.25, -0.2) is 8.42 Å². The number of carbonyl (C=O) groups excluding carboxylic acids is 1. The average Bonchev–Trinajstić information content (AvgIpc) is 2.84. The topological polar surface area (TPSA) is 134 Å². The average molecular weight is 531 g/mol.